The molecule has 100 valence electrons. The normalized spacial score (nSPS) is 10.3. The van der Waals surface area contributed by atoms with Gasteiger partial charge in [0.05, 0.1) is 12.3 Å². The summed E-state index contributed by atoms with van der Waals surface area (Å²) in [5, 5.41) is 0. The van der Waals surface area contributed by atoms with E-state index in [1.54, 1.807) is 12.1 Å². The molecule has 0 saturated heterocycles. The Labute approximate surface area is 108 Å². The first-order valence-corrected chi connectivity index (χ1v) is 6.32. The fraction of sp³-hybridized carbons (Fsp3) is 0.538. The van der Waals surface area contributed by atoms with Gasteiger partial charge in [0.15, 0.2) is 0 Å². The number of nitrogens with one attached hydrogen (secondary N) is 1. The molecular weight excluding hydrogens is 230 g/mol. The van der Waals surface area contributed by atoms with Crippen LogP contribution in [0.4, 0.5) is 0 Å². The standard InChI is InChI=1S/C13H21N3O2/c1-2-3-4-5-9-18-10-11-7-6-8-12(15-11)13(17)16-14/h6-8H,2-5,9-10,14H2,1H3,(H,16,17). The van der Waals surface area contributed by atoms with Gasteiger partial charge in [0, 0.05) is 6.61 Å². The van der Waals surface area contributed by atoms with E-state index >= 15 is 0 Å². The van der Waals surface area contributed by atoms with Crippen LogP contribution in [-0.4, -0.2) is 17.5 Å². The van der Waals surface area contributed by atoms with Gasteiger partial charge >= 0.3 is 0 Å². The van der Waals surface area contributed by atoms with Gasteiger partial charge < -0.3 is 4.74 Å². The summed E-state index contributed by atoms with van der Waals surface area (Å²) >= 11 is 0. The molecule has 1 heterocycles. The highest BCUT2D eigenvalue weighted by molar-refractivity contribution is 5.91. The molecule has 1 rings (SSSR count). The second-order valence-corrected chi connectivity index (χ2v) is 4.10. The molecule has 0 bridgehead atoms. The lowest BCUT2D eigenvalue weighted by molar-refractivity contribution is 0.0945. The number of pyridine rings is 1. The summed E-state index contributed by atoms with van der Waals surface area (Å²) in [5.74, 6) is 4.66. The summed E-state index contributed by atoms with van der Waals surface area (Å²) in [5.41, 5.74) is 3.11. The second kappa shape index (κ2) is 8.60. The molecule has 1 aromatic rings. The minimum atomic E-state index is -0.389. The van der Waals surface area contributed by atoms with Crippen molar-refractivity contribution in [2.75, 3.05) is 6.61 Å². The minimum Gasteiger partial charge on any atom is -0.375 e. The number of carbonyl (C=O) groups excluding carboxylic acids is 1. The van der Waals surface area contributed by atoms with Crippen LogP contribution in [-0.2, 0) is 11.3 Å². The highest BCUT2D eigenvalue weighted by Gasteiger charge is 2.05. The molecule has 0 atom stereocenters. The molecule has 0 unspecified atom stereocenters. The number of nitrogens with zero attached hydrogens (tertiary/aromatic N) is 1. The Bertz CT molecular complexity index is 369. The summed E-state index contributed by atoms with van der Waals surface area (Å²) in [4.78, 5) is 15.4. The van der Waals surface area contributed by atoms with E-state index in [1.165, 1.54) is 19.3 Å². The number of nitrogens with two attached hydrogens (primary N) is 1. The van der Waals surface area contributed by atoms with Crippen molar-refractivity contribution in [1.82, 2.24) is 10.4 Å². The number of unbranched alkanes of at least 4 members (excludes halogenated alkanes) is 3. The molecular formula is C13H21N3O2. The number of ether oxygens (including phenoxy) is 1. The molecule has 5 heteroatoms. The van der Waals surface area contributed by atoms with E-state index in [2.05, 4.69) is 17.3 Å². The van der Waals surface area contributed by atoms with Crippen molar-refractivity contribution in [2.24, 2.45) is 5.84 Å². The molecule has 0 saturated carbocycles. The maximum atomic E-state index is 11.3. The van der Waals surface area contributed by atoms with Crippen LogP contribution in [0, 0.1) is 0 Å². The average Bonchev–Trinajstić information content (AvgIpc) is 2.42. The summed E-state index contributed by atoms with van der Waals surface area (Å²) < 4.78 is 5.51. The largest absolute Gasteiger partial charge is 0.375 e. The highest BCUT2D eigenvalue weighted by atomic mass is 16.5. The topological polar surface area (TPSA) is 77.2 Å². The lowest BCUT2D eigenvalue weighted by atomic mass is 10.2. The molecule has 0 spiro atoms. The van der Waals surface area contributed by atoms with Crippen molar-refractivity contribution in [3.63, 3.8) is 0 Å². The number of hydrazine groups is 1. The van der Waals surface area contributed by atoms with Gasteiger partial charge in [-0.15, -0.1) is 0 Å². The number of rotatable bonds is 8. The Morgan fingerprint density at radius 2 is 2.22 bits per heavy atom. The first-order valence-electron chi connectivity index (χ1n) is 6.32. The molecule has 5 nitrogen and oxygen atoms in total. The third-order valence-corrected chi connectivity index (χ3v) is 2.56. The number of hydrogen-bond acceptors (Lipinski definition) is 4. The predicted molar refractivity (Wildman–Crippen MR) is 69.7 cm³/mol. The van der Waals surface area contributed by atoms with Gasteiger partial charge in [0.1, 0.15) is 5.69 Å². The summed E-state index contributed by atoms with van der Waals surface area (Å²) in [6, 6.07) is 5.22. The van der Waals surface area contributed by atoms with E-state index < -0.39 is 0 Å². The molecule has 0 aliphatic heterocycles. The number of hydrogen-bond donors (Lipinski definition) is 2. The molecule has 0 fully saturated rings. The van der Waals surface area contributed by atoms with Crippen molar-refractivity contribution in [1.29, 1.82) is 0 Å². The smallest absolute Gasteiger partial charge is 0.283 e. The zero-order valence-corrected chi connectivity index (χ0v) is 10.8. The Kier molecular flexibility index (Phi) is 6.98. The van der Waals surface area contributed by atoms with Gasteiger partial charge in [0.25, 0.3) is 5.91 Å². The van der Waals surface area contributed by atoms with Crippen LogP contribution in [0.2, 0.25) is 0 Å². The first kappa shape index (κ1) is 14.6. The quantitative estimate of drug-likeness (QED) is 0.319. The molecule has 1 aromatic heterocycles. The summed E-state index contributed by atoms with van der Waals surface area (Å²) in [6.45, 7) is 3.34. The minimum absolute atomic E-state index is 0.310. The zero-order chi connectivity index (χ0) is 13.2. The number of nitrogen functional groups attached to an aromatic ring is 1. The van der Waals surface area contributed by atoms with Crippen molar-refractivity contribution < 1.29 is 9.53 Å². The molecule has 18 heavy (non-hydrogen) atoms. The van der Waals surface area contributed by atoms with Crippen molar-refractivity contribution in [3.8, 4) is 0 Å². The van der Waals surface area contributed by atoms with Crippen molar-refractivity contribution in [3.05, 3.63) is 29.6 Å². The zero-order valence-electron chi connectivity index (χ0n) is 10.8. The van der Waals surface area contributed by atoms with E-state index in [0.717, 1.165) is 18.7 Å². The van der Waals surface area contributed by atoms with Gasteiger partial charge in [-0.05, 0) is 18.6 Å². The maximum absolute atomic E-state index is 11.3. The Hall–Kier alpha value is -1.46. The summed E-state index contributed by atoms with van der Waals surface area (Å²) in [7, 11) is 0. The number of amides is 1. The van der Waals surface area contributed by atoms with E-state index in [-0.39, 0.29) is 5.91 Å². The van der Waals surface area contributed by atoms with Gasteiger partial charge in [-0.3, -0.25) is 10.2 Å². The first-order chi connectivity index (χ1) is 8.77. The molecule has 3 N–H and O–H groups in total. The SMILES string of the molecule is CCCCCCOCc1cccc(C(=O)NN)n1. The monoisotopic (exact) mass is 251 g/mol. The van der Waals surface area contributed by atoms with Crippen LogP contribution in [0.15, 0.2) is 18.2 Å². The van der Waals surface area contributed by atoms with Crippen LogP contribution in [0.3, 0.4) is 0 Å². The molecule has 0 aliphatic carbocycles. The van der Waals surface area contributed by atoms with E-state index in [0.29, 0.717) is 12.3 Å². The number of aromatic nitrogens is 1. The van der Waals surface area contributed by atoms with E-state index in [4.69, 9.17) is 10.6 Å². The van der Waals surface area contributed by atoms with Crippen LogP contribution in [0.5, 0.6) is 0 Å². The molecule has 1 amide bonds. The third kappa shape index (κ3) is 5.25. The van der Waals surface area contributed by atoms with Gasteiger partial charge in [0.2, 0.25) is 0 Å². The van der Waals surface area contributed by atoms with Crippen LogP contribution < -0.4 is 11.3 Å². The lowest BCUT2D eigenvalue weighted by Crippen LogP contribution is -2.30. The van der Waals surface area contributed by atoms with Gasteiger partial charge in [-0.25, -0.2) is 10.8 Å². The van der Waals surface area contributed by atoms with Crippen LogP contribution in [0.25, 0.3) is 0 Å². The Morgan fingerprint density at radius 1 is 1.39 bits per heavy atom. The second-order valence-electron chi connectivity index (χ2n) is 4.10. The van der Waals surface area contributed by atoms with Gasteiger partial charge in [-0.1, -0.05) is 32.3 Å². The molecule has 0 aromatic carbocycles. The highest BCUT2D eigenvalue weighted by Crippen LogP contribution is 2.03. The van der Waals surface area contributed by atoms with E-state index in [1.807, 2.05) is 6.07 Å². The maximum Gasteiger partial charge on any atom is 0.283 e. The van der Waals surface area contributed by atoms with Crippen molar-refractivity contribution in [2.45, 2.75) is 39.2 Å². The van der Waals surface area contributed by atoms with Crippen LogP contribution >= 0.6 is 0 Å². The fourth-order valence-electron chi connectivity index (χ4n) is 1.57. The molecule has 0 radical (unpaired) electrons. The van der Waals surface area contributed by atoms with Crippen LogP contribution in [0.1, 0.15) is 48.8 Å². The number of carbonyl (C=O) groups is 1. The van der Waals surface area contributed by atoms with E-state index in [9.17, 15) is 4.79 Å². The summed E-state index contributed by atoms with van der Waals surface area (Å²) in [6.07, 6.45) is 4.72. The third-order valence-electron chi connectivity index (χ3n) is 2.56. The fourth-order valence-corrected chi connectivity index (χ4v) is 1.57. The Morgan fingerprint density at radius 3 is 2.94 bits per heavy atom. The van der Waals surface area contributed by atoms with Gasteiger partial charge in [-0.2, -0.15) is 0 Å². The van der Waals surface area contributed by atoms with Crippen molar-refractivity contribution >= 4 is 5.91 Å². The lowest BCUT2D eigenvalue weighted by Gasteiger charge is -2.05. The molecule has 0 aliphatic rings. The Balaban J connectivity index is 2.32. The average molecular weight is 251 g/mol. The predicted octanol–water partition coefficient (Wildman–Crippen LogP) is 1.78.